The van der Waals surface area contributed by atoms with E-state index in [0.717, 1.165) is 25.1 Å². The van der Waals surface area contributed by atoms with Crippen molar-refractivity contribution in [1.82, 2.24) is 25.1 Å². The number of anilines is 1. The Morgan fingerprint density at radius 2 is 1.97 bits per heavy atom. The van der Waals surface area contributed by atoms with Gasteiger partial charge in [0.2, 0.25) is 5.89 Å². The van der Waals surface area contributed by atoms with E-state index in [1.807, 2.05) is 30.3 Å². The number of amides is 1. The number of imidazole rings is 1. The van der Waals surface area contributed by atoms with Gasteiger partial charge < -0.3 is 19.4 Å². The van der Waals surface area contributed by atoms with Crippen molar-refractivity contribution in [3.63, 3.8) is 0 Å². The van der Waals surface area contributed by atoms with Gasteiger partial charge in [-0.05, 0) is 48.7 Å². The maximum absolute atomic E-state index is 12.6. The number of para-hydroxylation sites is 1. The topological polar surface area (TPSA) is 98.3 Å². The van der Waals surface area contributed by atoms with Gasteiger partial charge in [0.15, 0.2) is 6.61 Å². The van der Waals surface area contributed by atoms with Crippen molar-refractivity contribution in [2.45, 2.75) is 20.0 Å². The highest BCUT2D eigenvalue weighted by atomic mass is 16.5. The number of hydrogen-bond donors (Lipinski definition) is 1. The molecule has 9 heteroatoms. The maximum Gasteiger partial charge on any atom is 0.326 e. The van der Waals surface area contributed by atoms with E-state index in [1.165, 1.54) is 16.6 Å². The molecule has 1 saturated heterocycles. The van der Waals surface area contributed by atoms with Crippen LogP contribution in [0.15, 0.2) is 71.5 Å². The summed E-state index contributed by atoms with van der Waals surface area (Å²) in [5.74, 6) is 2.04. The van der Waals surface area contributed by atoms with Gasteiger partial charge in [0.25, 0.3) is 5.89 Å². The minimum Gasteiger partial charge on any atom is -0.484 e. The first-order valence-electron chi connectivity index (χ1n) is 11.3. The molecule has 0 spiro atoms. The summed E-state index contributed by atoms with van der Waals surface area (Å²) < 4.78 is 12.5. The Bertz CT molecular complexity index is 1240. The number of aromatic nitrogens is 4. The number of benzene rings is 2. The van der Waals surface area contributed by atoms with Gasteiger partial charge in [0, 0.05) is 44.0 Å². The maximum atomic E-state index is 12.6. The minimum absolute atomic E-state index is 0.174. The van der Waals surface area contributed by atoms with Gasteiger partial charge in [-0.15, -0.1) is 10.2 Å². The Morgan fingerprint density at radius 1 is 1.15 bits per heavy atom. The number of ether oxygens (including phenoxy) is 1. The molecule has 0 radical (unpaired) electrons. The van der Waals surface area contributed by atoms with Gasteiger partial charge in [-0.1, -0.05) is 18.2 Å². The molecule has 34 heavy (non-hydrogen) atoms. The lowest BCUT2D eigenvalue weighted by atomic mass is 10.1. The Labute approximate surface area is 197 Å². The molecule has 4 aromatic rings. The highest BCUT2D eigenvalue weighted by Gasteiger charge is 2.23. The third kappa shape index (κ3) is 5.09. The number of carbonyl (C=O) groups excluding carboxylic acids is 1. The largest absolute Gasteiger partial charge is 0.484 e. The van der Waals surface area contributed by atoms with Crippen LogP contribution in [-0.2, 0) is 6.61 Å². The van der Waals surface area contributed by atoms with Crippen LogP contribution in [0.25, 0.3) is 11.3 Å². The highest BCUT2D eigenvalue weighted by molar-refractivity contribution is 5.78. The average molecular weight is 459 g/mol. The number of rotatable bonds is 7. The van der Waals surface area contributed by atoms with Crippen LogP contribution < -0.4 is 15.0 Å². The Kier molecular flexibility index (Phi) is 6.24. The van der Waals surface area contributed by atoms with Crippen LogP contribution in [0.4, 0.5) is 10.5 Å². The molecule has 174 valence electrons. The highest BCUT2D eigenvalue weighted by Crippen LogP contribution is 2.24. The number of nitrogens with zero attached hydrogens (tertiary/aromatic N) is 5. The molecule has 1 aliphatic rings. The summed E-state index contributed by atoms with van der Waals surface area (Å²) in [6.07, 6.45) is 4.33. The standard InChI is InChI=1S/C25H26N6O3/c1-18-28-29-24(34-18)16-33-22-9-7-20(8-10-22)23-15-31(17-27-23)25(32)26-13-19-11-12-30(14-19)21-5-3-2-4-6-21/h2-10,15,17,19H,11-14,16H2,1H3,(H,26,32). The molecular weight excluding hydrogens is 432 g/mol. The first-order valence-corrected chi connectivity index (χ1v) is 11.3. The molecule has 5 rings (SSSR count). The van der Waals surface area contributed by atoms with E-state index in [-0.39, 0.29) is 12.6 Å². The molecule has 3 heterocycles. The van der Waals surface area contributed by atoms with E-state index in [2.05, 4.69) is 49.7 Å². The fourth-order valence-corrected chi connectivity index (χ4v) is 4.04. The lowest BCUT2D eigenvalue weighted by Gasteiger charge is -2.18. The average Bonchev–Trinajstić information content (AvgIpc) is 3.63. The summed E-state index contributed by atoms with van der Waals surface area (Å²) in [5, 5.41) is 10.7. The van der Waals surface area contributed by atoms with E-state index in [9.17, 15) is 4.79 Å². The van der Waals surface area contributed by atoms with E-state index in [1.54, 1.807) is 13.1 Å². The van der Waals surface area contributed by atoms with Crippen LogP contribution in [0.3, 0.4) is 0 Å². The third-order valence-corrected chi connectivity index (χ3v) is 5.85. The second-order valence-electron chi connectivity index (χ2n) is 8.32. The Morgan fingerprint density at radius 3 is 2.74 bits per heavy atom. The van der Waals surface area contributed by atoms with Crippen molar-refractivity contribution in [3.05, 3.63) is 78.9 Å². The fraction of sp³-hybridized carbons (Fsp3) is 0.280. The number of carbonyl (C=O) groups is 1. The summed E-state index contributed by atoms with van der Waals surface area (Å²) in [4.78, 5) is 19.4. The van der Waals surface area contributed by atoms with Crippen LogP contribution in [0.5, 0.6) is 5.75 Å². The van der Waals surface area contributed by atoms with Crippen molar-refractivity contribution >= 4 is 11.7 Å². The number of hydrogen-bond acceptors (Lipinski definition) is 7. The molecular formula is C25H26N6O3. The molecule has 1 unspecified atom stereocenters. The lowest BCUT2D eigenvalue weighted by Crippen LogP contribution is -2.33. The van der Waals surface area contributed by atoms with E-state index >= 15 is 0 Å². The van der Waals surface area contributed by atoms with Crippen LogP contribution in [0, 0.1) is 12.8 Å². The lowest BCUT2D eigenvalue weighted by molar-refractivity contribution is 0.240. The quantitative estimate of drug-likeness (QED) is 0.448. The molecule has 2 aromatic carbocycles. The monoisotopic (exact) mass is 458 g/mol. The summed E-state index contributed by atoms with van der Waals surface area (Å²) >= 11 is 0. The smallest absolute Gasteiger partial charge is 0.326 e. The van der Waals surface area contributed by atoms with E-state index in [0.29, 0.717) is 35.7 Å². The predicted molar refractivity (Wildman–Crippen MR) is 127 cm³/mol. The molecule has 1 N–H and O–H groups in total. The Hall–Kier alpha value is -4.14. The molecule has 9 nitrogen and oxygen atoms in total. The van der Waals surface area contributed by atoms with Crippen LogP contribution >= 0.6 is 0 Å². The summed E-state index contributed by atoms with van der Waals surface area (Å²) in [5.41, 5.74) is 2.84. The van der Waals surface area contributed by atoms with Crippen molar-refractivity contribution in [2.75, 3.05) is 24.5 Å². The van der Waals surface area contributed by atoms with E-state index < -0.39 is 0 Å². The summed E-state index contributed by atoms with van der Waals surface area (Å²) in [6, 6.07) is 17.7. The molecule has 0 aliphatic carbocycles. The molecule has 0 saturated carbocycles. The normalized spacial score (nSPS) is 15.4. The Balaban J connectivity index is 1.12. The zero-order chi connectivity index (χ0) is 23.3. The molecule has 1 amide bonds. The van der Waals surface area contributed by atoms with Crippen molar-refractivity contribution in [2.24, 2.45) is 5.92 Å². The van der Waals surface area contributed by atoms with Crippen LogP contribution in [0.2, 0.25) is 0 Å². The fourth-order valence-electron chi connectivity index (χ4n) is 4.04. The summed E-state index contributed by atoms with van der Waals surface area (Å²) in [7, 11) is 0. The van der Waals surface area contributed by atoms with Gasteiger partial charge >= 0.3 is 6.03 Å². The van der Waals surface area contributed by atoms with E-state index in [4.69, 9.17) is 9.15 Å². The van der Waals surface area contributed by atoms with Crippen LogP contribution in [0.1, 0.15) is 18.2 Å². The molecule has 1 aliphatic heterocycles. The van der Waals surface area contributed by atoms with Gasteiger partial charge in [0.1, 0.15) is 12.1 Å². The van der Waals surface area contributed by atoms with Gasteiger partial charge in [-0.3, -0.25) is 4.57 Å². The number of aryl methyl sites for hydroxylation is 1. The number of nitrogens with one attached hydrogen (secondary N) is 1. The van der Waals surface area contributed by atoms with Crippen molar-refractivity contribution < 1.29 is 13.9 Å². The molecule has 2 aromatic heterocycles. The SMILES string of the molecule is Cc1nnc(COc2ccc(-c3cn(C(=O)NCC4CCN(c5ccccc5)C4)cn3)cc2)o1. The predicted octanol–water partition coefficient (Wildman–Crippen LogP) is 3.90. The zero-order valence-corrected chi connectivity index (χ0v) is 18.9. The van der Waals surface area contributed by atoms with Gasteiger partial charge in [-0.25, -0.2) is 9.78 Å². The van der Waals surface area contributed by atoms with Gasteiger partial charge in [-0.2, -0.15) is 0 Å². The molecule has 1 fully saturated rings. The van der Waals surface area contributed by atoms with Crippen molar-refractivity contribution in [1.29, 1.82) is 0 Å². The second kappa shape index (κ2) is 9.78. The van der Waals surface area contributed by atoms with Gasteiger partial charge in [0.05, 0.1) is 5.69 Å². The first-order chi connectivity index (χ1) is 16.6. The molecule has 0 bridgehead atoms. The first kappa shape index (κ1) is 21.7. The molecule has 1 atom stereocenters. The minimum atomic E-state index is -0.174. The summed E-state index contributed by atoms with van der Waals surface area (Å²) in [6.45, 7) is 4.53. The van der Waals surface area contributed by atoms with Crippen molar-refractivity contribution in [3.8, 4) is 17.0 Å². The van der Waals surface area contributed by atoms with Crippen LogP contribution in [-0.4, -0.2) is 45.4 Å². The third-order valence-electron chi connectivity index (χ3n) is 5.85. The zero-order valence-electron chi connectivity index (χ0n) is 18.9. The second-order valence-corrected chi connectivity index (χ2v) is 8.32.